The van der Waals surface area contributed by atoms with Gasteiger partial charge in [0.25, 0.3) is 5.69 Å². The first-order valence-electron chi connectivity index (χ1n) is 7.73. The molecule has 0 fully saturated rings. The molecule has 2 aromatic rings. The summed E-state index contributed by atoms with van der Waals surface area (Å²) < 4.78 is 23.9. The number of nitro groups is 1. The van der Waals surface area contributed by atoms with Crippen molar-refractivity contribution in [3.05, 3.63) is 61.9 Å². The molecule has 0 atom stereocenters. The van der Waals surface area contributed by atoms with E-state index in [0.717, 1.165) is 25.3 Å². The summed E-state index contributed by atoms with van der Waals surface area (Å²) in [6.45, 7) is 2.53. The van der Waals surface area contributed by atoms with E-state index in [1.54, 1.807) is 0 Å². The third kappa shape index (κ3) is 4.40. The van der Waals surface area contributed by atoms with Crippen LogP contribution >= 0.6 is 23.2 Å². The summed E-state index contributed by atoms with van der Waals surface area (Å²) in [5, 5.41) is 11.3. The third-order valence-corrected chi connectivity index (χ3v) is 4.25. The topological polar surface area (TPSA) is 95.7 Å². The van der Waals surface area contributed by atoms with Gasteiger partial charge >= 0.3 is 11.9 Å². The molecule has 0 spiro atoms. The van der Waals surface area contributed by atoms with Crippen molar-refractivity contribution < 1.29 is 28.4 Å². The van der Waals surface area contributed by atoms with E-state index in [2.05, 4.69) is 4.74 Å². The van der Waals surface area contributed by atoms with E-state index in [1.165, 1.54) is 26.0 Å². The van der Waals surface area contributed by atoms with Crippen LogP contribution in [0.4, 0.5) is 10.1 Å². The van der Waals surface area contributed by atoms with Crippen molar-refractivity contribution in [2.24, 2.45) is 0 Å². The van der Waals surface area contributed by atoms with Crippen molar-refractivity contribution in [3.63, 3.8) is 0 Å². The number of hydrogen-bond donors (Lipinski definition) is 0. The molecule has 0 bridgehead atoms. The predicted octanol–water partition coefficient (Wildman–Crippen LogP) is 4.82. The normalized spacial score (nSPS) is 11.1. The molecule has 0 aliphatic rings. The van der Waals surface area contributed by atoms with E-state index in [1.807, 2.05) is 0 Å². The Hall–Kier alpha value is -2.71. The second kappa shape index (κ2) is 8.12. The minimum atomic E-state index is -1.70. The zero-order valence-corrected chi connectivity index (χ0v) is 16.4. The lowest BCUT2D eigenvalue weighted by Crippen LogP contribution is -2.38. The minimum Gasteiger partial charge on any atom is -0.466 e. The predicted molar refractivity (Wildman–Crippen MR) is 100 cm³/mol. The number of methoxy groups -OCH3 is 1. The molecule has 10 heteroatoms. The summed E-state index contributed by atoms with van der Waals surface area (Å²) in [6, 6.07) is 5.62. The second-order valence-electron chi connectivity index (χ2n) is 6.12. The molecule has 2 aromatic carbocycles. The van der Waals surface area contributed by atoms with Crippen molar-refractivity contribution in [1.82, 2.24) is 0 Å². The second-order valence-corrected chi connectivity index (χ2v) is 6.97. The van der Waals surface area contributed by atoms with Crippen molar-refractivity contribution >= 4 is 40.8 Å². The van der Waals surface area contributed by atoms with Crippen LogP contribution in [0.2, 0.25) is 10.0 Å². The molecule has 7 nitrogen and oxygen atoms in total. The lowest BCUT2D eigenvalue weighted by atomic mass is 10.0. The molecule has 0 unspecified atom stereocenters. The van der Waals surface area contributed by atoms with Crippen LogP contribution in [0.1, 0.15) is 24.2 Å². The number of halogens is 3. The van der Waals surface area contributed by atoms with Crippen LogP contribution in [0.25, 0.3) is 11.1 Å². The molecular weight excluding hydrogens is 416 g/mol. The van der Waals surface area contributed by atoms with E-state index in [4.69, 9.17) is 27.9 Å². The highest BCUT2D eigenvalue weighted by molar-refractivity contribution is 6.36. The highest BCUT2D eigenvalue weighted by Gasteiger charge is 2.35. The largest absolute Gasteiger partial charge is 0.466 e. The number of nitro benzene ring substituents is 1. The Balaban J connectivity index is 2.58. The molecule has 0 N–H and O–H groups in total. The summed E-state index contributed by atoms with van der Waals surface area (Å²) in [5.74, 6) is -2.79. The van der Waals surface area contributed by atoms with Gasteiger partial charge in [0.1, 0.15) is 11.4 Å². The fourth-order valence-electron chi connectivity index (χ4n) is 2.41. The molecular formula is C18H14Cl2FNO6. The maximum absolute atomic E-state index is 14.3. The first-order chi connectivity index (χ1) is 13.0. The summed E-state index contributed by atoms with van der Waals surface area (Å²) in [7, 11) is 1.10. The molecule has 0 amide bonds. The number of rotatable bonds is 5. The molecule has 0 radical (unpaired) electrons. The van der Waals surface area contributed by atoms with Gasteiger partial charge in [0.2, 0.25) is 5.60 Å². The average Bonchev–Trinajstić information content (AvgIpc) is 2.59. The third-order valence-electron chi connectivity index (χ3n) is 3.73. The monoisotopic (exact) mass is 429 g/mol. The lowest BCUT2D eigenvalue weighted by Gasteiger charge is -2.22. The van der Waals surface area contributed by atoms with Crippen molar-refractivity contribution in [1.29, 1.82) is 0 Å². The van der Waals surface area contributed by atoms with Gasteiger partial charge in [-0.3, -0.25) is 10.1 Å². The van der Waals surface area contributed by atoms with Gasteiger partial charge in [0.05, 0.1) is 17.1 Å². The Morgan fingerprint density at radius 2 is 1.82 bits per heavy atom. The average molecular weight is 430 g/mol. The van der Waals surface area contributed by atoms with E-state index < -0.39 is 39.5 Å². The van der Waals surface area contributed by atoms with Crippen LogP contribution < -0.4 is 0 Å². The maximum Gasteiger partial charge on any atom is 0.349 e. The molecule has 2 rings (SSSR count). The van der Waals surface area contributed by atoms with E-state index >= 15 is 0 Å². The summed E-state index contributed by atoms with van der Waals surface area (Å²) in [6.07, 6.45) is 0. The highest BCUT2D eigenvalue weighted by atomic mass is 35.5. The summed E-state index contributed by atoms with van der Waals surface area (Å²) in [5.41, 5.74) is -2.77. The standard InChI is InChI=1S/C18H14Cl2FNO6/c1-18(2,17(24)27-3)28-16(23)11-6-9(4-5-14(11)22(25)26)15-12(20)7-10(19)8-13(15)21/h4-8H,1-3H3. The van der Waals surface area contributed by atoms with Crippen LogP contribution in [0.15, 0.2) is 30.3 Å². The van der Waals surface area contributed by atoms with Crippen LogP contribution in [0, 0.1) is 15.9 Å². The van der Waals surface area contributed by atoms with Crippen LogP contribution in [-0.4, -0.2) is 29.6 Å². The van der Waals surface area contributed by atoms with Gasteiger partial charge in [-0.2, -0.15) is 0 Å². The van der Waals surface area contributed by atoms with Crippen molar-refractivity contribution in [2.75, 3.05) is 7.11 Å². The zero-order chi connectivity index (χ0) is 21.2. The molecule has 0 saturated carbocycles. The number of carbonyl (C=O) groups is 2. The lowest BCUT2D eigenvalue weighted by molar-refractivity contribution is -0.385. The minimum absolute atomic E-state index is 0.0481. The van der Waals surface area contributed by atoms with Gasteiger partial charge in [-0.05, 0) is 43.7 Å². The van der Waals surface area contributed by atoms with Gasteiger partial charge in [-0.1, -0.05) is 23.2 Å². The number of esters is 2. The van der Waals surface area contributed by atoms with Crippen molar-refractivity contribution in [3.8, 4) is 11.1 Å². The Labute approximate surface area is 169 Å². The number of nitrogens with zero attached hydrogens (tertiary/aromatic N) is 1. The van der Waals surface area contributed by atoms with Gasteiger partial charge in [-0.25, -0.2) is 14.0 Å². The molecule has 0 heterocycles. The van der Waals surface area contributed by atoms with Gasteiger partial charge < -0.3 is 9.47 Å². The van der Waals surface area contributed by atoms with Crippen LogP contribution in [0.5, 0.6) is 0 Å². The maximum atomic E-state index is 14.3. The Morgan fingerprint density at radius 3 is 2.36 bits per heavy atom. The summed E-state index contributed by atoms with van der Waals surface area (Å²) >= 11 is 11.8. The van der Waals surface area contributed by atoms with Crippen molar-refractivity contribution in [2.45, 2.75) is 19.4 Å². The number of ether oxygens (including phenoxy) is 2. The molecule has 0 aromatic heterocycles. The highest BCUT2D eigenvalue weighted by Crippen LogP contribution is 2.36. The Bertz CT molecular complexity index is 954. The fraction of sp³-hybridized carbons (Fsp3) is 0.222. The van der Waals surface area contributed by atoms with Gasteiger partial charge in [0, 0.05) is 16.7 Å². The molecule has 0 saturated heterocycles. The van der Waals surface area contributed by atoms with E-state index in [-0.39, 0.29) is 21.2 Å². The van der Waals surface area contributed by atoms with E-state index in [0.29, 0.717) is 0 Å². The number of benzene rings is 2. The quantitative estimate of drug-likeness (QED) is 0.384. The molecule has 0 aliphatic carbocycles. The number of hydrogen-bond acceptors (Lipinski definition) is 6. The van der Waals surface area contributed by atoms with E-state index in [9.17, 15) is 24.1 Å². The fourth-order valence-corrected chi connectivity index (χ4v) is 2.98. The van der Waals surface area contributed by atoms with Crippen LogP contribution in [0.3, 0.4) is 0 Å². The smallest absolute Gasteiger partial charge is 0.349 e. The van der Waals surface area contributed by atoms with Crippen LogP contribution in [-0.2, 0) is 14.3 Å². The number of carbonyl (C=O) groups excluding carboxylic acids is 2. The zero-order valence-electron chi connectivity index (χ0n) is 14.9. The molecule has 28 heavy (non-hydrogen) atoms. The molecule has 0 aliphatic heterocycles. The Morgan fingerprint density at radius 1 is 1.18 bits per heavy atom. The van der Waals surface area contributed by atoms with Gasteiger partial charge in [-0.15, -0.1) is 0 Å². The molecule has 148 valence electrons. The summed E-state index contributed by atoms with van der Waals surface area (Å²) in [4.78, 5) is 34.7. The Kier molecular flexibility index (Phi) is 6.26. The first-order valence-corrected chi connectivity index (χ1v) is 8.48. The SMILES string of the molecule is COC(=O)C(C)(C)OC(=O)c1cc(-c2c(F)cc(Cl)cc2Cl)ccc1[N+](=O)[O-]. The first kappa shape index (κ1) is 21.6. The van der Waals surface area contributed by atoms with Gasteiger partial charge in [0.15, 0.2) is 0 Å².